The first-order chi connectivity index (χ1) is 10.6. The quantitative estimate of drug-likeness (QED) is 0.497. The second-order valence-corrected chi connectivity index (χ2v) is 4.67. The fourth-order valence-electron chi connectivity index (χ4n) is 1.65. The van der Waals surface area contributed by atoms with Crippen molar-refractivity contribution in [3.8, 4) is 0 Å². The van der Waals surface area contributed by atoms with Gasteiger partial charge in [-0.2, -0.15) is 4.98 Å². The van der Waals surface area contributed by atoms with Crippen molar-refractivity contribution in [1.82, 2.24) is 9.97 Å². The lowest BCUT2D eigenvalue weighted by molar-refractivity contribution is 1.15. The Morgan fingerprint density at radius 3 is 2.91 bits per heavy atom. The first-order valence-corrected chi connectivity index (χ1v) is 6.76. The largest absolute Gasteiger partial charge is 0.403 e. The molecular weight excluding hydrogens is 302 g/mol. The van der Waals surface area contributed by atoms with Crippen LogP contribution < -0.4 is 22.1 Å². The van der Waals surface area contributed by atoms with Crippen LogP contribution in [0.3, 0.4) is 0 Å². The fraction of sp³-hybridized carbons (Fsp3) is 0.0714. The molecule has 22 heavy (non-hydrogen) atoms. The van der Waals surface area contributed by atoms with E-state index in [-0.39, 0.29) is 0 Å². The number of hydrogen-bond donors (Lipinski definition) is 4. The van der Waals surface area contributed by atoms with Crippen LogP contribution in [-0.4, -0.2) is 23.2 Å². The molecule has 0 atom stereocenters. The standard InChI is InChI=1S/C14H16ClN7/c1-18-8-10(7-16)20-14-19-5-4-13(22-14)21-12-6-9(17)2-3-11(12)15/h2-8H,16-17H2,1H3,(H2,19,20,21,22)/b10-7+,18-8?. The molecule has 0 saturated heterocycles. The number of hydrogen-bond acceptors (Lipinski definition) is 7. The number of aliphatic imine (C=N–C) groups is 1. The highest BCUT2D eigenvalue weighted by atomic mass is 35.5. The lowest BCUT2D eigenvalue weighted by Crippen LogP contribution is -2.07. The number of benzene rings is 1. The van der Waals surface area contributed by atoms with Crippen molar-refractivity contribution in [3.05, 3.63) is 47.4 Å². The SMILES string of the molecule is CN=C/C(=C\N)Nc1nccc(Nc2cc(N)ccc2Cl)n1. The maximum Gasteiger partial charge on any atom is 0.229 e. The van der Waals surface area contributed by atoms with Gasteiger partial charge in [0.15, 0.2) is 0 Å². The second-order valence-electron chi connectivity index (χ2n) is 4.26. The van der Waals surface area contributed by atoms with Gasteiger partial charge in [0.2, 0.25) is 5.95 Å². The van der Waals surface area contributed by atoms with Crippen molar-refractivity contribution in [2.45, 2.75) is 0 Å². The summed E-state index contributed by atoms with van der Waals surface area (Å²) in [6.45, 7) is 0. The van der Waals surface area contributed by atoms with E-state index in [0.717, 1.165) is 0 Å². The first kappa shape index (κ1) is 15.6. The highest BCUT2D eigenvalue weighted by Crippen LogP contribution is 2.26. The molecule has 0 aliphatic carbocycles. The highest BCUT2D eigenvalue weighted by molar-refractivity contribution is 6.33. The molecule has 0 saturated carbocycles. The summed E-state index contributed by atoms with van der Waals surface area (Å²) in [5.41, 5.74) is 13.1. The molecule has 8 heteroatoms. The van der Waals surface area contributed by atoms with Crippen LogP contribution in [0.4, 0.5) is 23.1 Å². The molecule has 0 amide bonds. The van der Waals surface area contributed by atoms with Crippen LogP contribution in [0.2, 0.25) is 5.02 Å². The van der Waals surface area contributed by atoms with Crippen LogP contribution >= 0.6 is 11.6 Å². The third-order valence-corrected chi connectivity index (χ3v) is 2.94. The van der Waals surface area contributed by atoms with Gasteiger partial charge in [0.25, 0.3) is 0 Å². The predicted molar refractivity (Wildman–Crippen MR) is 91.5 cm³/mol. The number of nitrogens with zero attached hydrogens (tertiary/aromatic N) is 3. The summed E-state index contributed by atoms with van der Waals surface area (Å²) >= 11 is 6.11. The van der Waals surface area contributed by atoms with Crippen LogP contribution in [0.1, 0.15) is 0 Å². The minimum atomic E-state index is 0.377. The molecule has 7 nitrogen and oxygen atoms in total. The van der Waals surface area contributed by atoms with Crippen molar-refractivity contribution in [1.29, 1.82) is 0 Å². The van der Waals surface area contributed by atoms with Crippen molar-refractivity contribution in [2.75, 3.05) is 23.4 Å². The van der Waals surface area contributed by atoms with Gasteiger partial charge in [0, 0.05) is 31.3 Å². The summed E-state index contributed by atoms with van der Waals surface area (Å²) in [7, 11) is 1.64. The van der Waals surface area contributed by atoms with Gasteiger partial charge in [-0.1, -0.05) is 11.6 Å². The number of nitrogen functional groups attached to an aromatic ring is 1. The third kappa shape index (κ3) is 4.10. The number of aromatic nitrogens is 2. The summed E-state index contributed by atoms with van der Waals surface area (Å²) in [5.74, 6) is 0.941. The Morgan fingerprint density at radius 2 is 2.18 bits per heavy atom. The van der Waals surface area contributed by atoms with E-state index < -0.39 is 0 Å². The molecule has 0 aliphatic rings. The zero-order valence-corrected chi connectivity index (χ0v) is 12.7. The minimum Gasteiger partial charge on any atom is -0.403 e. The maximum absolute atomic E-state index is 6.11. The van der Waals surface area contributed by atoms with E-state index in [1.54, 1.807) is 43.7 Å². The monoisotopic (exact) mass is 317 g/mol. The summed E-state index contributed by atoms with van der Waals surface area (Å²) in [5, 5.41) is 6.58. The molecule has 1 heterocycles. The predicted octanol–water partition coefficient (Wildman–Crippen LogP) is 2.37. The van der Waals surface area contributed by atoms with Crippen molar-refractivity contribution in [3.63, 3.8) is 0 Å². The number of halogens is 1. The molecule has 1 aromatic heterocycles. The number of nitrogens with one attached hydrogen (secondary N) is 2. The van der Waals surface area contributed by atoms with Gasteiger partial charge in [0.1, 0.15) is 5.82 Å². The molecule has 2 rings (SSSR count). The van der Waals surface area contributed by atoms with Gasteiger partial charge in [0.05, 0.1) is 16.4 Å². The summed E-state index contributed by atoms with van der Waals surface area (Å²) in [6, 6.07) is 6.88. The molecule has 1 aromatic carbocycles. The molecule has 114 valence electrons. The lowest BCUT2D eigenvalue weighted by Gasteiger charge is -2.10. The Labute approximate surface area is 133 Å². The highest BCUT2D eigenvalue weighted by Gasteiger charge is 2.04. The molecule has 0 aliphatic heterocycles. The average Bonchev–Trinajstić information content (AvgIpc) is 2.51. The van der Waals surface area contributed by atoms with E-state index in [1.807, 2.05) is 0 Å². The van der Waals surface area contributed by atoms with E-state index in [2.05, 4.69) is 25.6 Å². The third-order valence-electron chi connectivity index (χ3n) is 2.61. The summed E-state index contributed by atoms with van der Waals surface area (Å²) in [6.07, 6.45) is 4.55. The van der Waals surface area contributed by atoms with Crippen molar-refractivity contribution >= 4 is 41.0 Å². The topological polar surface area (TPSA) is 114 Å². The van der Waals surface area contributed by atoms with E-state index in [1.165, 1.54) is 6.20 Å². The fourth-order valence-corrected chi connectivity index (χ4v) is 1.82. The molecule has 0 unspecified atom stereocenters. The van der Waals surface area contributed by atoms with Gasteiger partial charge >= 0.3 is 0 Å². The van der Waals surface area contributed by atoms with Crippen molar-refractivity contribution < 1.29 is 0 Å². The Bertz CT molecular complexity index is 712. The smallest absolute Gasteiger partial charge is 0.229 e. The normalized spacial score (nSPS) is 11.6. The van der Waals surface area contributed by atoms with E-state index in [4.69, 9.17) is 23.1 Å². The van der Waals surface area contributed by atoms with Crippen molar-refractivity contribution in [2.24, 2.45) is 10.7 Å². The van der Waals surface area contributed by atoms with E-state index in [9.17, 15) is 0 Å². The molecule has 6 N–H and O–H groups in total. The van der Waals surface area contributed by atoms with Crippen LogP contribution in [0, 0.1) is 0 Å². The molecule has 0 radical (unpaired) electrons. The Balaban J connectivity index is 2.20. The van der Waals surface area contributed by atoms with Crippen LogP contribution in [-0.2, 0) is 0 Å². The number of allylic oxidation sites excluding steroid dienone is 1. The second kappa shape index (κ2) is 7.28. The first-order valence-electron chi connectivity index (χ1n) is 6.38. The Morgan fingerprint density at radius 1 is 1.36 bits per heavy atom. The maximum atomic E-state index is 6.11. The number of rotatable bonds is 5. The lowest BCUT2D eigenvalue weighted by atomic mass is 10.3. The van der Waals surface area contributed by atoms with Crippen LogP contribution in [0.25, 0.3) is 0 Å². The van der Waals surface area contributed by atoms with Gasteiger partial charge < -0.3 is 22.1 Å². The van der Waals surface area contributed by atoms with Gasteiger partial charge in [-0.25, -0.2) is 4.98 Å². The minimum absolute atomic E-state index is 0.377. The Hall–Kier alpha value is -2.80. The van der Waals surface area contributed by atoms with Gasteiger partial charge in [-0.05, 0) is 24.3 Å². The van der Waals surface area contributed by atoms with Crippen LogP contribution in [0.15, 0.2) is 47.4 Å². The number of nitrogens with two attached hydrogens (primary N) is 2. The molecule has 0 fully saturated rings. The van der Waals surface area contributed by atoms with E-state index in [0.29, 0.717) is 33.9 Å². The summed E-state index contributed by atoms with van der Waals surface area (Å²) in [4.78, 5) is 12.3. The Kier molecular flexibility index (Phi) is 5.16. The van der Waals surface area contributed by atoms with Gasteiger partial charge in [-0.3, -0.25) is 4.99 Å². The molecule has 0 spiro atoms. The molecule has 0 bridgehead atoms. The summed E-state index contributed by atoms with van der Waals surface area (Å²) < 4.78 is 0. The zero-order chi connectivity index (χ0) is 15.9. The average molecular weight is 318 g/mol. The molecular formula is C14H16ClN7. The van der Waals surface area contributed by atoms with Gasteiger partial charge in [-0.15, -0.1) is 0 Å². The zero-order valence-electron chi connectivity index (χ0n) is 11.9. The van der Waals surface area contributed by atoms with Crippen LogP contribution in [0.5, 0.6) is 0 Å². The molecule has 2 aromatic rings. The van der Waals surface area contributed by atoms with E-state index >= 15 is 0 Å². The number of anilines is 4.